The number of ether oxygens (including phenoxy) is 1. The lowest BCUT2D eigenvalue weighted by Crippen LogP contribution is -2.51. The molecule has 2 aliphatic heterocycles. The van der Waals surface area contributed by atoms with Crippen LogP contribution >= 0.6 is 24.8 Å². The van der Waals surface area contributed by atoms with Crippen molar-refractivity contribution in [3.8, 4) is 5.75 Å². The van der Waals surface area contributed by atoms with Crippen LogP contribution in [0, 0.1) is 0 Å². The number of carbonyl (C=O) groups excluding carboxylic acids is 1. The van der Waals surface area contributed by atoms with Crippen molar-refractivity contribution in [3.63, 3.8) is 0 Å². The van der Waals surface area contributed by atoms with Crippen LogP contribution in [0.25, 0.3) is 11.0 Å². The molecule has 0 radical (unpaired) electrons. The fourth-order valence-corrected chi connectivity index (χ4v) is 4.32. The first-order valence-electron chi connectivity index (χ1n) is 9.66. The third-order valence-electron chi connectivity index (χ3n) is 5.96. The largest absolute Gasteiger partial charge is 0.486 e. The predicted octanol–water partition coefficient (Wildman–Crippen LogP) is 4.45. The number of likely N-dealkylation sites (tertiary alicyclic amines) is 1. The Balaban J connectivity index is 0.00000120. The minimum Gasteiger partial charge on any atom is -0.486 e. The first kappa shape index (κ1) is 21.6. The number of hydrogen-bond donors (Lipinski definition) is 1. The van der Waals surface area contributed by atoms with Gasteiger partial charge in [-0.05, 0) is 18.1 Å². The average molecular weight is 434 g/mol. The number of nitrogens with one attached hydrogen (secondary N) is 1. The van der Waals surface area contributed by atoms with E-state index in [9.17, 15) is 4.79 Å². The summed E-state index contributed by atoms with van der Waals surface area (Å²) < 4.78 is 6.42. The summed E-state index contributed by atoms with van der Waals surface area (Å²) in [4.78, 5) is 22.6. The molecule has 1 N–H and O–H groups in total. The second kappa shape index (κ2) is 8.74. The molecule has 1 saturated heterocycles. The molecular weight excluding hydrogens is 409 g/mol. The van der Waals surface area contributed by atoms with E-state index in [0.717, 1.165) is 49.9 Å². The van der Waals surface area contributed by atoms with Crippen LogP contribution < -0.4 is 4.74 Å². The molecular formula is C22H25Cl2N3O2. The number of hydrogen-bond acceptors (Lipinski definition) is 4. The number of piperidine rings is 1. The molecule has 0 unspecified atom stereocenters. The van der Waals surface area contributed by atoms with Gasteiger partial charge in [0, 0.05) is 38.5 Å². The van der Waals surface area contributed by atoms with E-state index in [1.165, 1.54) is 5.56 Å². The third kappa shape index (κ3) is 4.27. The van der Waals surface area contributed by atoms with E-state index in [4.69, 9.17) is 4.74 Å². The molecule has 3 aromatic rings. The molecule has 5 rings (SSSR count). The SMILES string of the molecule is Cl.Cl.O=C1CC2(CCN(CCc3ccccc3)CC2)Oc2cc3nc[nH]c3cc21. The first-order valence-corrected chi connectivity index (χ1v) is 9.66. The topological polar surface area (TPSA) is 58.2 Å². The molecule has 0 saturated carbocycles. The molecule has 29 heavy (non-hydrogen) atoms. The van der Waals surface area contributed by atoms with Crippen LogP contribution in [0.3, 0.4) is 0 Å². The Hall–Kier alpha value is -2.08. The number of fused-ring (bicyclic) bond motifs is 2. The summed E-state index contributed by atoms with van der Waals surface area (Å²) in [6, 6.07) is 14.4. The quantitative estimate of drug-likeness (QED) is 0.662. The van der Waals surface area contributed by atoms with Gasteiger partial charge in [-0.25, -0.2) is 4.98 Å². The number of aromatic nitrogens is 2. The lowest BCUT2D eigenvalue weighted by atomic mass is 9.82. The maximum absolute atomic E-state index is 12.8. The van der Waals surface area contributed by atoms with E-state index in [1.54, 1.807) is 6.33 Å². The van der Waals surface area contributed by atoms with Gasteiger partial charge in [0.2, 0.25) is 0 Å². The van der Waals surface area contributed by atoms with E-state index in [0.29, 0.717) is 17.7 Å². The molecule has 1 fully saturated rings. The van der Waals surface area contributed by atoms with Crippen molar-refractivity contribution in [1.29, 1.82) is 0 Å². The van der Waals surface area contributed by atoms with Crippen molar-refractivity contribution < 1.29 is 9.53 Å². The highest BCUT2D eigenvalue weighted by Crippen LogP contribution is 2.40. The number of rotatable bonds is 3. The van der Waals surface area contributed by atoms with Gasteiger partial charge < -0.3 is 14.6 Å². The number of Topliss-reactive ketones (excluding diaryl/α,β-unsaturated/α-hetero) is 1. The third-order valence-corrected chi connectivity index (χ3v) is 5.96. The fraction of sp³-hybridized carbons (Fsp3) is 0.364. The molecule has 0 amide bonds. The fourth-order valence-electron chi connectivity index (χ4n) is 4.32. The highest BCUT2D eigenvalue weighted by atomic mass is 35.5. The van der Waals surface area contributed by atoms with Crippen molar-refractivity contribution in [2.24, 2.45) is 0 Å². The summed E-state index contributed by atoms with van der Waals surface area (Å²) in [5, 5.41) is 0. The minimum absolute atomic E-state index is 0. The standard InChI is InChI=1S/C22H23N3O2.2ClH/c26-20-14-22(27-21-13-19-18(12-17(20)21)23-15-24-19)7-10-25(11-8-22)9-6-16-4-2-1-3-5-16;;/h1-5,12-13,15H,6-11,14H2,(H,23,24);2*1H. The van der Waals surface area contributed by atoms with Crippen LogP contribution in [0.4, 0.5) is 0 Å². The van der Waals surface area contributed by atoms with Crippen molar-refractivity contribution in [2.75, 3.05) is 19.6 Å². The molecule has 0 atom stereocenters. The monoisotopic (exact) mass is 433 g/mol. The van der Waals surface area contributed by atoms with Crippen LogP contribution in [-0.2, 0) is 6.42 Å². The molecule has 0 bridgehead atoms. The Morgan fingerprint density at radius 1 is 1.10 bits per heavy atom. The molecule has 3 heterocycles. The van der Waals surface area contributed by atoms with E-state index in [1.807, 2.05) is 12.1 Å². The Morgan fingerprint density at radius 2 is 1.86 bits per heavy atom. The van der Waals surface area contributed by atoms with E-state index >= 15 is 0 Å². The molecule has 1 aromatic heterocycles. The van der Waals surface area contributed by atoms with Gasteiger partial charge in [0.1, 0.15) is 11.4 Å². The zero-order chi connectivity index (χ0) is 18.3. The normalized spacial score (nSPS) is 17.9. The summed E-state index contributed by atoms with van der Waals surface area (Å²) in [5.41, 5.74) is 3.44. The summed E-state index contributed by atoms with van der Waals surface area (Å²) >= 11 is 0. The summed E-state index contributed by atoms with van der Waals surface area (Å²) in [7, 11) is 0. The lowest BCUT2D eigenvalue weighted by molar-refractivity contribution is -0.00855. The Morgan fingerprint density at radius 3 is 2.62 bits per heavy atom. The van der Waals surface area contributed by atoms with Gasteiger partial charge in [-0.1, -0.05) is 30.3 Å². The van der Waals surface area contributed by atoms with Crippen molar-refractivity contribution >= 4 is 41.6 Å². The van der Waals surface area contributed by atoms with Crippen LogP contribution in [-0.4, -0.2) is 45.9 Å². The highest BCUT2D eigenvalue weighted by molar-refractivity contribution is 6.03. The van der Waals surface area contributed by atoms with Crippen LogP contribution in [0.5, 0.6) is 5.75 Å². The van der Waals surface area contributed by atoms with Gasteiger partial charge in [0.05, 0.1) is 29.3 Å². The van der Waals surface area contributed by atoms with Gasteiger partial charge in [-0.2, -0.15) is 0 Å². The number of imidazole rings is 1. The molecule has 5 nitrogen and oxygen atoms in total. The Kier molecular flexibility index (Phi) is 6.52. The highest BCUT2D eigenvalue weighted by Gasteiger charge is 2.43. The average Bonchev–Trinajstić information content (AvgIpc) is 3.14. The zero-order valence-electron chi connectivity index (χ0n) is 16.1. The maximum Gasteiger partial charge on any atom is 0.170 e. The molecule has 1 spiro atoms. The smallest absolute Gasteiger partial charge is 0.170 e. The predicted molar refractivity (Wildman–Crippen MR) is 119 cm³/mol. The molecule has 2 aliphatic rings. The second-order valence-electron chi connectivity index (χ2n) is 7.73. The molecule has 7 heteroatoms. The molecule has 2 aromatic carbocycles. The van der Waals surface area contributed by atoms with Crippen molar-refractivity contribution in [1.82, 2.24) is 14.9 Å². The van der Waals surface area contributed by atoms with Gasteiger partial charge in [0.25, 0.3) is 0 Å². The van der Waals surface area contributed by atoms with Crippen LogP contribution in [0.1, 0.15) is 35.2 Å². The van der Waals surface area contributed by atoms with E-state index in [-0.39, 0.29) is 36.2 Å². The number of nitrogens with zero attached hydrogens (tertiary/aromatic N) is 2. The van der Waals surface area contributed by atoms with Gasteiger partial charge in [-0.15, -0.1) is 24.8 Å². The van der Waals surface area contributed by atoms with Gasteiger partial charge >= 0.3 is 0 Å². The first-order chi connectivity index (χ1) is 13.2. The second-order valence-corrected chi connectivity index (χ2v) is 7.73. The number of halogens is 2. The molecule has 154 valence electrons. The van der Waals surface area contributed by atoms with Gasteiger partial charge in [0.15, 0.2) is 5.78 Å². The summed E-state index contributed by atoms with van der Waals surface area (Å²) in [5.74, 6) is 0.883. The van der Waals surface area contributed by atoms with E-state index in [2.05, 4.69) is 45.2 Å². The van der Waals surface area contributed by atoms with Crippen LogP contribution in [0.15, 0.2) is 48.8 Å². The molecule has 0 aliphatic carbocycles. The maximum atomic E-state index is 12.8. The number of aromatic amines is 1. The summed E-state index contributed by atoms with van der Waals surface area (Å²) in [6.07, 6.45) is 4.98. The van der Waals surface area contributed by atoms with Crippen LogP contribution in [0.2, 0.25) is 0 Å². The lowest BCUT2D eigenvalue weighted by Gasteiger charge is -2.44. The number of benzene rings is 2. The zero-order valence-corrected chi connectivity index (χ0v) is 17.7. The minimum atomic E-state index is -0.350. The van der Waals surface area contributed by atoms with Crippen molar-refractivity contribution in [3.05, 3.63) is 59.9 Å². The Bertz CT molecular complexity index is 982. The van der Waals surface area contributed by atoms with E-state index < -0.39 is 0 Å². The summed E-state index contributed by atoms with van der Waals surface area (Å²) in [6.45, 7) is 3.00. The van der Waals surface area contributed by atoms with Crippen molar-refractivity contribution in [2.45, 2.75) is 31.3 Å². The Labute approximate surface area is 182 Å². The number of ketones is 1. The number of H-pyrrole nitrogens is 1. The van der Waals surface area contributed by atoms with Gasteiger partial charge in [-0.3, -0.25) is 4.79 Å². The number of carbonyl (C=O) groups is 1.